The van der Waals surface area contributed by atoms with Crippen LogP contribution < -0.4 is 10.2 Å². The van der Waals surface area contributed by atoms with Gasteiger partial charge < -0.3 is 15.0 Å². The highest BCUT2D eigenvalue weighted by Gasteiger charge is 2.21. The number of morpholine rings is 1. The minimum atomic E-state index is -0.211. The SMILES string of the molecule is O=C(NCCc1ccccc1)c1ccc(C2=CCc3ncc(N4CCOCC4)cc32)nn1. The highest BCUT2D eigenvalue weighted by molar-refractivity contribution is 5.92. The monoisotopic (exact) mass is 427 g/mol. The molecule has 1 aliphatic heterocycles. The first kappa shape index (κ1) is 20.3. The zero-order valence-corrected chi connectivity index (χ0v) is 17.8. The maximum Gasteiger partial charge on any atom is 0.271 e. The molecule has 7 heteroatoms. The van der Waals surface area contributed by atoms with Crippen molar-refractivity contribution >= 4 is 17.2 Å². The molecule has 0 bridgehead atoms. The Morgan fingerprint density at radius 3 is 2.69 bits per heavy atom. The van der Waals surface area contributed by atoms with E-state index in [2.05, 4.69) is 37.5 Å². The van der Waals surface area contributed by atoms with E-state index in [9.17, 15) is 4.79 Å². The van der Waals surface area contributed by atoms with E-state index in [0.29, 0.717) is 12.2 Å². The minimum Gasteiger partial charge on any atom is -0.378 e. The normalized spacial score (nSPS) is 15.2. The van der Waals surface area contributed by atoms with Crippen molar-refractivity contribution in [3.63, 3.8) is 0 Å². The van der Waals surface area contributed by atoms with Gasteiger partial charge in [0.1, 0.15) is 0 Å². The van der Waals surface area contributed by atoms with Gasteiger partial charge in [-0.3, -0.25) is 9.78 Å². The van der Waals surface area contributed by atoms with Crippen LogP contribution in [0.2, 0.25) is 0 Å². The molecule has 1 aliphatic carbocycles. The summed E-state index contributed by atoms with van der Waals surface area (Å²) in [7, 11) is 0. The standard InChI is InChI=1S/C25H25N5O2/c31-25(26-11-10-18-4-2-1-3-5-18)24-9-8-23(28-29-24)20-6-7-22-21(20)16-19(17-27-22)30-12-14-32-15-13-30/h1-6,8-9,16-17H,7,10-15H2,(H,26,31). The van der Waals surface area contributed by atoms with Crippen molar-refractivity contribution in [3.05, 3.63) is 89.0 Å². The van der Waals surface area contributed by atoms with E-state index in [1.807, 2.05) is 42.6 Å². The lowest BCUT2D eigenvalue weighted by Crippen LogP contribution is -2.36. The Labute approximate surface area is 187 Å². The molecule has 0 spiro atoms. The van der Waals surface area contributed by atoms with Crippen LogP contribution in [0.4, 0.5) is 5.69 Å². The van der Waals surface area contributed by atoms with E-state index in [1.54, 1.807) is 6.07 Å². The van der Waals surface area contributed by atoms with Crippen LogP contribution in [0.1, 0.15) is 33.0 Å². The second kappa shape index (κ2) is 9.28. The van der Waals surface area contributed by atoms with Gasteiger partial charge in [-0.2, -0.15) is 0 Å². The molecule has 0 saturated carbocycles. The lowest BCUT2D eigenvalue weighted by molar-refractivity contribution is 0.0948. The third-order valence-corrected chi connectivity index (χ3v) is 5.84. The highest BCUT2D eigenvalue weighted by Crippen LogP contribution is 2.33. The number of hydrogen-bond donors (Lipinski definition) is 1. The number of fused-ring (bicyclic) bond motifs is 1. The third kappa shape index (κ3) is 4.38. The van der Waals surface area contributed by atoms with Gasteiger partial charge in [-0.1, -0.05) is 36.4 Å². The van der Waals surface area contributed by atoms with Crippen LogP contribution in [-0.4, -0.2) is 53.9 Å². The first-order valence-electron chi connectivity index (χ1n) is 11.0. The van der Waals surface area contributed by atoms with Crippen LogP contribution in [0.5, 0.6) is 0 Å². The molecule has 162 valence electrons. The third-order valence-electron chi connectivity index (χ3n) is 5.84. The van der Waals surface area contributed by atoms with E-state index in [0.717, 1.165) is 67.4 Å². The van der Waals surface area contributed by atoms with Gasteiger partial charge in [-0.15, -0.1) is 10.2 Å². The highest BCUT2D eigenvalue weighted by atomic mass is 16.5. The van der Waals surface area contributed by atoms with Gasteiger partial charge in [0.05, 0.1) is 36.5 Å². The van der Waals surface area contributed by atoms with Crippen molar-refractivity contribution in [1.82, 2.24) is 20.5 Å². The molecular weight excluding hydrogens is 402 g/mol. The number of pyridine rings is 1. The maximum atomic E-state index is 12.4. The maximum absolute atomic E-state index is 12.4. The predicted octanol–water partition coefficient (Wildman–Crippen LogP) is 2.67. The lowest BCUT2D eigenvalue weighted by atomic mass is 10.1. The van der Waals surface area contributed by atoms with Gasteiger partial charge in [0.2, 0.25) is 0 Å². The summed E-state index contributed by atoms with van der Waals surface area (Å²) in [5.74, 6) is -0.211. The Morgan fingerprint density at radius 2 is 1.91 bits per heavy atom. The first-order valence-corrected chi connectivity index (χ1v) is 11.0. The van der Waals surface area contributed by atoms with Gasteiger partial charge in [0.15, 0.2) is 5.69 Å². The molecule has 3 heterocycles. The molecule has 1 saturated heterocycles. The van der Waals surface area contributed by atoms with Gasteiger partial charge in [0, 0.05) is 37.2 Å². The molecule has 5 rings (SSSR count). The van der Waals surface area contributed by atoms with Crippen molar-refractivity contribution in [2.75, 3.05) is 37.7 Å². The number of nitrogens with one attached hydrogen (secondary N) is 1. The number of carbonyl (C=O) groups is 1. The molecule has 1 fully saturated rings. The number of carbonyl (C=O) groups excluding carboxylic acids is 1. The zero-order chi connectivity index (χ0) is 21.8. The summed E-state index contributed by atoms with van der Waals surface area (Å²) in [6.07, 6.45) is 5.62. The summed E-state index contributed by atoms with van der Waals surface area (Å²) in [5, 5.41) is 11.4. The summed E-state index contributed by atoms with van der Waals surface area (Å²) < 4.78 is 5.46. The molecule has 1 aromatic carbocycles. The number of benzene rings is 1. The van der Waals surface area contributed by atoms with Crippen LogP contribution in [0.3, 0.4) is 0 Å². The fourth-order valence-corrected chi connectivity index (χ4v) is 4.08. The average molecular weight is 428 g/mol. The molecule has 1 amide bonds. The number of ether oxygens (including phenoxy) is 1. The molecule has 0 radical (unpaired) electrons. The smallest absolute Gasteiger partial charge is 0.271 e. The largest absolute Gasteiger partial charge is 0.378 e. The lowest BCUT2D eigenvalue weighted by Gasteiger charge is -2.29. The van der Waals surface area contributed by atoms with Crippen LogP contribution in [0.15, 0.2) is 60.8 Å². The number of nitrogens with zero attached hydrogens (tertiary/aromatic N) is 4. The number of aromatic nitrogens is 3. The molecule has 0 unspecified atom stereocenters. The van der Waals surface area contributed by atoms with Crippen LogP contribution in [0.25, 0.3) is 5.57 Å². The van der Waals surface area contributed by atoms with E-state index >= 15 is 0 Å². The molecule has 3 aromatic rings. The van der Waals surface area contributed by atoms with Gasteiger partial charge >= 0.3 is 0 Å². The minimum absolute atomic E-state index is 0.211. The summed E-state index contributed by atoms with van der Waals surface area (Å²) >= 11 is 0. The quantitative estimate of drug-likeness (QED) is 0.652. The van der Waals surface area contributed by atoms with Crippen molar-refractivity contribution in [2.24, 2.45) is 0 Å². The predicted molar refractivity (Wildman–Crippen MR) is 123 cm³/mol. The van der Waals surface area contributed by atoms with Crippen LogP contribution in [-0.2, 0) is 17.6 Å². The molecule has 1 N–H and O–H groups in total. The number of allylic oxidation sites excluding steroid dienone is 1. The summed E-state index contributed by atoms with van der Waals surface area (Å²) in [4.78, 5) is 19.4. The number of hydrogen-bond acceptors (Lipinski definition) is 6. The summed E-state index contributed by atoms with van der Waals surface area (Å²) in [6, 6.07) is 15.8. The molecule has 0 atom stereocenters. The van der Waals surface area contributed by atoms with E-state index in [1.165, 1.54) is 5.56 Å². The van der Waals surface area contributed by atoms with Crippen molar-refractivity contribution in [2.45, 2.75) is 12.8 Å². The zero-order valence-electron chi connectivity index (χ0n) is 17.8. The Kier molecular flexibility index (Phi) is 5.89. The molecule has 2 aromatic heterocycles. The van der Waals surface area contributed by atoms with Gasteiger partial charge in [-0.25, -0.2) is 0 Å². The molecule has 7 nitrogen and oxygen atoms in total. The number of amides is 1. The summed E-state index contributed by atoms with van der Waals surface area (Å²) in [5.41, 5.74) is 6.51. The Balaban J connectivity index is 1.25. The molecule has 32 heavy (non-hydrogen) atoms. The summed E-state index contributed by atoms with van der Waals surface area (Å²) in [6.45, 7) is 3.77. The molecule has 2 aliphatic rings. The van der Waals surface area contributed by atoms with E-state index in [4.69, 9.17) is 4.74 Å². The van der Waals surface area contributed by atoms with Crippen molar-refractivity contribution < 1.29 is 9.53 Å². The second-order valence-electron chi connectivity index (χ2n) is 7.90. The van der Waals surface area contributed by atoms with Crippen molar-refractivity contribution in [1.29, 1.82) is 0 Å². The molecular formula is C25H25N5O2. The Morgan fingerprint density at radius 1 is 1.06 bits per heavy atom. The van der Waals surface area contributed by atoms with E-state index in [-0.39, 0.29) is 5.91 Å². The Hall–Kier alpha value is -3.58. The van der Waals surface area contributed by atoms with Gasteiger partial charge in [0.25, 0.3) is 5.91 Å². The van der Waals surface area contributed by atoms with E-state index < -0.39 is 0 Å². The fourth-order valence-electron chi connectivity index (χ4n) is 4.08. The fraction of sp³-hybridized carbons (Fsp3) is 0.280. The van der Waals surface area contributed by atoms with Crippen LogP contribution >= 0.6 is 0 Å². The first-order chi connectivity index (χ1) is 15.8. The average Bonchev–Trinajstić information content (AvgIpc) is 3.28. The van der Waals surface area contributed by atoms with Crippen LogP contribution in [0, 0.1) is 0 Å². The topological polar surface area (TPSA) is 80.2 Å². The Bertz CT molecular complexity index is 1120. The van der Waals surface area contributed by atoms with Gasteiger partial charge in [-0.05, 0) is 30.2 Å². The second-order valence-corrected chi connectivity index (χ2v) is 7.90. The van der Waals surface area contributed by atoms with Crippen molar-refractivity contribution in [3.8, 4) is 0 Å². The number of rotatable bonds is 6. The number of anilines is 1.